The third kappa shape index (κ3) is 1.86. The van der Waals surface area contributed by atoms with E-state index in [0.717, 1.165) is 0 Å². The Bertz CT molecular complexity index is 458. The molecule has 0 aliphatic heterocycles. The number of carbonyl (C=O) groups is 2. The molecule has 1 aromatic carbocycles. The number of aromatic carboxylic acids is 1. The Balaban J connectivity index is 3.60. The fourth-order valence-electron chi connectivity index (χ4n) is 1.49. The van der Waals surface area contributed by atoms with Gasteiger partial charge < -0.3 is 5.11 Å². The Morgan fingerprint density at radius 3 is 2.67 bits per heavy atom. The second kappa shape index (κ2) is 4.38. The van der Waals surface area contributed by atoms with Gasteiger partial charge in [-0.2, -0.15) is 5.26 Å². The lowest BCUT2D eigenvalue weighted by atomic mass is 9.95. The average Bonchev–Trinajstić information content (AvgIpc) is 2.26. The summed E-state index contributed by atoms with van der Waals surface area (Å²) < 4.78 is 0. The zero-order valence-corrected chi connectivity index (χ0v) is 8.15. The van der Waals surface area contributed by atoms with Gasteiger partial charge in [0.15, 0.2) is 6.29 Å². The van der Waals surface area contributed by atoms with E-state index in [9.17, 15) is 9.59 Å². The molecule has 0 atom stereocenters. The summed E-state index contributed by atoms with van der Waals surface area (Å²) in [6.07, 6.45) is 0.899. The quantitative estimate of drug-likeness (QED) is 0.757. The van der Waals surface area contributed by atoms with Crippen LogP contribution in [0.5, 0.6) is 0 Å². The van der Waals surface area contributed by atoms with Crippen molar-refractivity contribution in [1.29, 1.82) is 5.26 Å². The maximum Gasteiger partial charge on any atom is 0.336 e. The Kier molecular flexibility index (Phi) is 3.19. The molecule has 0 aliphatic rings. The fourth-order valence-corrected chi connectivity index (χ4v) is 1.49. The van der Waals surface area contributed by atoms with E-state index in [-0.39, 0.29) is 11.1 Å². The maximum absolute atomic E-state index is 11.0. The van der Waals surface area contributed by atoms with Crippen LogP contribution in [0.3, 0.4) is 0 Å². The summed E-state index contributed by atoms with van der Waals surface area (Å²) in [5, 5.41) is 17.7. The minimum absolute atomic E-state index is 0.0634. The molecule has 0 bridgehead atoms. The molecule has 0 amide bonds. The van der Waals surface area contributed by atoms with Gasteiger partial charge in [0.2, 0.25) is 0 Å². The van der Waals surface area contributed by atoms with Crippen LogP contribution < -0.4 is 0 Å². The van der Waals surface area contributed by atoms with Gasteiger partial charge in [-0.05, 0) is 24.1 Å². The van der Waals surface area contributed by atoms with Crippen molar-refractivity contribution in [3.8, 4) is 6.07 Å². The lowest BCUT2D eigenvalue weighted by Gasteiger charge is -2.07. The van der Waals surface area contributed by atoms with Crippen molar-refractivity contribution in [2.24, 2.45) is 0 Å². The van der Waals surface area contributed by atoms with Crippen LogP contribution >= 0.6 is 0 Å². The molecule has 4 nitrogen and oxygen atoms in total. The molecule has 0 saturated heterocycles. The first-order chi connectivity index (χ1) is 7.15. The predicted octanol–water partition coefficient (Wildman–Crippen LogP) is 1.63. The van der Waals surface area contributed by atoms with Crippen LogP contribution in [0.2, 0.25) is 0 Å². The Hall–Kier alpha value is -2.15. The van der Waals surface area contributed by atoms with Crippen LogP contribution in [0.25, 0.3) is 0 Å². The van der Waals surface area contributed by atoms with Crippen molar-refractivity contribution in [3.63, 3.8) is 0 Å². The Morgan fingerprint density at radius 2 is 2.27 bits per heavy atom. The highest BCUT2D eigenvalue weighted by Crippen LogP contribution is 2.18. The van der Waals surface area contributed by atoms with E-state index in [2.05, 4.69) is 0 Å². The van der Waals surface area contributed by atoms with Crippen molar-refractivity contribution in [2.75, 3.05) is 0 Å². The zero-order valence-electron chi connectivity index (χ0n) is 8.15. The van der Waals surface area contributed by atoms with E-state index >= 15 is 0 Å². The number of carboxylic acid groups (broad SMARTS) is 1. The smallest absolute Gasteiger partial charge is 0.336 e. The normalized spacial score (nSPS) is 9.33. The zero-order chi connectivity index (χ0) is 11.4. The second-order valence-corrected chi connectivity index (χ2v) is 2.94. The van der Waals surface area contributed by atoms with Crippen molar-refractivity contribution in [2.45, 2.75) is 13.3 Å². The predicted molar refractivity (Wildman–Crippen MR) is 52.9 cm³/mol. The van der Waals surface area contributed by atoms with Crippen LogP contribution in [0.1, 0.15) is 38.8 Å². The molecule has 0 unspecified atom stereocenters. The van der Waals surface area contributed by atoms with E-state index in [4.69, 9.17) is 10.4 Å². The SMILES string of the molecule is CCc1c(C#N)ccc(C=O)c1C(=O)O. The van der Waals surface area contributed by atoms with Crippen molar-refractivity contribution >= 4 is 12.3 Å². The topological polar surface area (TPSA) is 78.2 Å². The number of hydrogen-bond acceptors (Lipinski definition) is 3. The average molecular weight is 203 g/mol. The van der Waals surface area contributed by atoms with Gasteiger partial charge in [-0.25, -0.2) is 4.79 Å². The van der Waals surface area contributed by atoms with Gasteiger partial charge in [0.25, 0.3) is 0 Å². The Labute approximate surface area is 86.8 Å². The molecule has 0 fully saturated rings. The fraction of sp³-hybridized carbons (Fsp3) is 0.182. The molecular formula is C11H9NO3. The van der Waals surface area contributed by atoms with E-state index in [1.165, 1.54) is 12.1 Å². The number of benzene rings is 1. The van der Waals surface area contributed by atoms with Crippen LogP contribution in [0.4, 0.5) is 0 Å². The van der Waals surface area contributed by atoms with Gasteiger partial charge in [-0.1, -0.05) is 6.92 Å². The molecular weight excluding hydrogens is 194 g/mol. The van der Waals surface area contributed by atoms with Crippen molar-refractivity contribution < 1.29 is 14.7 Å². The van der Waals surface area contributed by atoms with Crippen molar-refractivity contribution in [1.82, 2.24) is 0 Å². The first-order valence-electron chi connectivity index (χ1n) is 4.40. The third-order valence-electron chi connectivity index (χ3n) is 2.16. The van der Waals surface area contributed by atoms with Gasteiger partial charge in [-0.15, -0.1) is 0 Å². The van der Waals surface area contributed by atoms with E-state index < -0.39 is 5.97 Å². The number of carbonyl (C=O) groups excluding carboxylic acids is 1. The highest BCUT2D eigenvalue weighted by molar-refractivity contribution is 5.99. The minimum Gasteiger partial charge on any atom is -0.478 e. The van der Waals surface area contributed by atoms with Crippen LogP contribution in [0.15, 0.2) is 12.1 Å². The van der Waals surface area contributed by atoms with Gasteiger partial charge in [0, 0.05) is 5.56 Å². The maximum atomic E-state index is 11.0. The molecule has 0 heterocycles. The summed E-state index contributed by atoms with van der Waals surface area (Å²) in [4.78, 5) is 21.6. The van der Waals surface area contributed by atoms with E-state index in [1.807, 2.05) is 6.07 Å². The first-order valence-corrected chi connectivity index (χ1v) is 4.40. The number of carboxylic acids is 1. The lowest BCUT2D eigenvalue weighted by Crippen LogP contribution is -2.08. The van der Waals surface area contributed by atoms with Gasteiger partial charge >= 0.3 is 5.97 Å². The molecule has 0 saturated carbocycles. The molecule has 1 rings (SSSR count). The van der Waals surface area contributed by atoms with E-state index in [1.54, 1.807) is 6.92 Å². The monoisotopic (exact) mass is 203 g/mol. The van der Waals surface area contributed by atoms with Crippen molar-refractivity contribution in [3.05, 3.63) is 34.4 Å². The van der Waals surface area contributed by atoms with Crippen LogP contribution in [-0.4, -0.2) is 17.4 Å². The molecule has 0 aliphatic carbocycles. The van der Waals surface area contributed by atoms with Crippen LogP contribution in [-0.2, 0) is 6.42 Å². The molecule has 15 heavy (non-hydrogen) atoms. The molecule has 4 heteroatoms. The number of nitrogens with zero attached hydrogens (tertiary/aromatic N) is 1. The molecule has 0 radical (unpaired) electrons. The number of aldehydes is 1. The van der Waals surface area contributed by atoms with Gasteiger partial charge in [-0.3, -0.25) is 4.79 Å². The summed E-state index contributed by atoms with van der Waals surface area (Å²) in [5.74, 6) is -1.17. The summed E-state index contributed by atoms with van der Waals surface area (Å²) in [6, 6.07) is 4.74. The highest BCUT2D eigenvalue weighted by atomic mass is 16.4. The molecule has 0 aromatic heterocycles. The van der Waals surface area contributed by atoms with Crippen LogP contribution in [0, 0.1) is 11.3 Å². The molecule has 76 valence electrons. The summed E-state index contributed by atoms with van der Waals surface area (Å²) in [7, 11) is 0. The second-order valence-electron chi connectivity index (χ2n) is 2.94. The minimum atomic E-state index is -1.17. The molecule has 0 spiro atoms. The molecule has 1 aromatic rings. The standard InChI is InChI=1S/C11H9NO3/c1-2-9-7(5-12)3-4-8(6-13)10(9)11(14)15/h3-4,6H,2H2,1H3,(H,14,15). The number of nitriles is 1. The molecule has 1 N–H and O–H groups in total. The largest absolute Gasteiger partial charge is 0.478 e. The lowest BCUT2D eigenvalue weighted by molar-refractivity contribution is 0.0692. The first kappa shape index (κ1) is 10.9. The number of rotatable bonds is 3. The summed E-state index contributed by atoms with van der Waals surface area (Å²) in [5.41, 5.74) is 0.764. The highest BCUT2D eigenvalue weighted by Gasteiger charge is 2.17. The summed E-state index contributed by atoms with van der Waals surface area (Å²) in [6.45, 7) is 1.75. The van der Waals surface area contributed by atoms with Gasteiger partial charge in [0.05, 0.1) is 17.2 Å². The van der Waals surface area contributed by atoms with E-state index in [0.29, 0.717) is 23.8 Å². The summed E-state index contributed by atoms with van der Waals surface area (Å²) >= 11 is 0. The number of hydrogen-bond donors (Lipinski definition) is 1. The third-order valence-corrected chi connectivity index (χ3v) is 2.16. The van der Waals surface area contributed by atoms with Gasteiger partial charge in [0.1, 0.15) is 0 Å². The Morgan fingerprint density at radius 1 is 1.60 bits per heavy atom.